The highest BCUT2D eigenvalue weighted by Gasteiger charge is 2.27. The third-order valence-corrected chi connectivity index (χ3v) is 5.33. The number of amides is 1. The maximum Gasteiger partial charge on any atom is 0.308 e. The fraction of sp³-hybridized carbons (Fsp3) is 0.722. The molecule has 0 aromatic carbocycles. The van der Waals surface area contributed by atoms with Crippen LogP contribution in [-0.4, -0.2) is 53.2 Å². The van der Waals surface area contributed by atoms with E-state index >= 15 is 0 Å². The van der Waals surface area contributed by atoms with Crippen molar-refractivity contribution in [1.29, 1.82) is 0 Å². The fourth-order valence-electron chi connectivity index (χ4n) is 2.25. The van der Waals surface area contributed by atoms with Crippen LogP contribution in [0.4, 0.5) is 0 Å². The van der Waals surface area contributed by atoms with E-state index in [0.29, 0.717) is 36.8 Å². The molecule has 6 nitrogen and oxygen atoms in total. The summed E-state index contributed by atoms with van der Waals surface area (Å²) in [6, 6.07) is 0. The van der Waals surface area contributed by atoms with Crippen LogP contribution in [-0.2, 0) is 14.9 Å². The van der Waals surface area contributed by atoms with Gasteiger partial charge in [-0.3, -0.25) is 9.59 Å². The molecule has 25 heavy (non-hydrogen) atoms. The summed E-state index contributed by atoms with van der Waals surface area (Å²) in [5, 5.41) is 10.1. The molecule has 0 spiro atoms. The highest BCUT2D eigenvalue weighted by Crippen LogP contribution is 2.30. The summed E-state index contributed by atoms with van der Waals surface area (Å²) in [4.78, 5) is 30.9. The van der Waals surface area contributed by atoms with E-state index in [4.69, 9.17) is 4.74 Å². The SMILES string of the molecule is CCOCCCN(CC(C)C(=O)O)C(=O)c1sc(C(C)(C)C)nc1C. The number of aromatic nitrogens is 1. The average molecular weight is 371 g/mol. The lowest BCUT2D eigenvalue weighted by atomic mass is 9.98. The van der Waals surface area contributed by atoms with Gasteiger partial charge in [0.05, 0.1) is 16.6 Å². The van der Waals surface area contributed by atoms with Crippen LogP contribution in [0.3, 0.4) is 0 Å². The Labute approximate surface area is 154 Å². The molecule has 0 saturated heterocycles. The first-order valence-corrected chi connectivity index (χ1v) is 9.47. The monoisotopic (exact) mass is 370 g/mol. The first-order valence-electron chi connectivity index (χ1n) is 8.65. The second kappa shape index (κ2) is 9.29. The minimum absolute atomic E-state index is 0.123. The Bertz CT molecular complexity index is 592. The van der Waals surface area contributed by atoms with Gasteiger partial charge in [-0.25, -0.2) is 4.98 Å². The Balaban J connectivity index is 2.97. The van der Waals surface area contributed by atoms with Crippen LogP contribution in [0, 0.1) is 12.8 Å². The van der Waals surface area contributed by atoms with Gasteiger partial charge in [0.25, 0.3) is 5.91 Å². The van der Waals surface area contributed by atoms with Crippen molar-refractivity contribution in [1.82, 2.24) is 9.88 Å². The highest BCUT2D eigenvalue weighted by molar-refractivity contribution is 7.14. The maximum absolute atomic E-state index is 13.0. The van der Waals surface area contributed by atoms with Crippen molar-refractivity contribution in [2.24, 2.45) is 5.92 Å². The molecular formula is C18H30N2O4S. The second-order valence-electron chi connectivity index (χ2n) is 7.22. The first-order chi connectivity index (χ1) is 11.6. The molecule has 142 valence electrons. The topological polar surface area (TPSA) is 79.7 Å². The van der Waals surface area contributed by atoms with Crippen molar-refractivity contribution in [3.63, 3.8) is 0 Å². The van der Waals surface area contributed by atoms with E-state index in [1.807, 2.05) is 13.8 Å². The van der Waals surface area contributed by atoms with E-state index in [1.165, 1.54) is 11.3 Å². The van der Waals surface area contributed by atoms with E-state index < -0.39 is 11.9 Å². The van der Waals surface area contributed by atoms with Crippen molar-refractivity contribution in [3.8, 4) is 0 Å². The molecule has 1 aromatic heterocycles. The Hall–Kier alpha value is -1.47. The van der Waals surface area contributed by atoms with E-state index in [1.54, 1.807) is 11.8 Å². The third kappa shape index (κ3) is 6.40. The number of nitrogens with zero attached hydrogens (tertiary/aromatic N) is 2. The van der Waals surface area contributed by atoms with Crippen molar-refractivity contribution in [3.05, 3.63) is 15.6 Å². The molecule has 0 bridgehead atoms. The summed E-state index contributed by atoms with van der Waals surface area (Å²) < 4.78 is 5.33. The third-order valence-electron chi connectivity index (χ3n) is 3.76. The smallest absolute Gasteiger partial charge is 0.308 e. The number of thiazole rings is 1. The number of aryl methyl sites for hydroxylation is 1. The lowest BCUT2D eigenvalue weighted by molar-refractivity contribution is -0.141. The Kier molecular flexibility index (Phi) is 8.02. The summed E-state index contributed by atoms with van der Waals surface area (Å²) in [6.45, 7) is 13.4. The fourth-order valence-corrected chi connectivity index (χ4v) is 3.34. The van der Waals surface area contributed by atoms with E-state index in [2.05, 4.69) is 25.8 Å². The Morgan fingerprint density at radius 3 is 2.48 bits per heavy atom. The maximum atomic E-state index is 13.0. The van der Waals surface area contributed by atoms with Crippen LogP contribution >= 0.6 is 11.3 Å². The molecule has 0 aliphatic heterocycles. The van der Waals surface area contributed by atoms with Crippen LogP contribution in [0.5, 0.6) is 0 Å². The van der Waals surface area contributed by atoms with Crippen molar-refractivity contribution in [2.45, 2.75) is 53.4 Å². The van der Waals surface area contributed by atoms with Crippen LogP contribution in [0.2, 0.25) is 0 Å². The molecule has 7 heteroatoms. The van der Waals surface area contributed by atoms with Crippen molar-refractivity contribution < 1.29 is 19.4 Å². The van der Waals surface area contributed by atoms with E-state index in [9.17, 15) is 14.7 Å². The number of hydrogen-bond donors (Lipinski definition) is 1. The van der Waals surface area contributed by atoms with Gasteiger partial charge in [-0.1, -0.05) is 27.7 Å². The Morgan fingerprint density at radius 2 is 2.00 bits per heavy atom. The zero-order valence-corrected chi connectivity index (χ0v) is 16.9. The van der Waals surface area contributed by atoms with Crippen LogP contribution in [0.15, 0.2) is 0 Å². The molecule has 0 aliphatic rings. The van der Waals surface area contributed by atoms with Gasteiger partial charge < -0.3 is 14.7 Å². The summed E-state index contributed by atoms with van der Waals surface area (Å²) in [5.74, 6) is -1.67. The standard InChI is InChI=1S/C18H30N2O4S/c1-7-24-10-8-9-20(11-12(2)16(22)23)15(21)14-13(3)19-17(25-14)18(4,5)6/h12H,7-11H2,1-6H3,(H,22,23). The molecule has 1 aromatic rings. The summed E-state index contributed by atoms with van der Waals surface area (Å²) in [7, 11) is 0. The number of carbonyl (C=O) groups excluding carboxylic acids is 1. The molecule has 1 heterocycles. The van der Waals surface area contributed by atoms with Crippen LogP contribution in [0.1, 0.15) is 61.4 Å². The van der Waals surface area contributed by atoms with Crippen LogP contribution in [0.25, 0.3) is 0 Å². The van der Waals surface area contributed by atoms with Gasteiger partial charge in [-0.05, 0) is 20.3 Å². The minimum Gasteiger partial charge on any atom is -0.481 e. The van der Waals surface area contributed by atoms with Crippen LogP contribution < -0.4 is 0 Å². The summed E-state index contributed by atoms with van der Waals surface area (Å²) in [5.41, 5.74) is 0.583. The van der Waals surface area contributed by atoms with Gasteiger partial charge in [0.1, 0.15) is 4.88 Å². The van der Waals surface area contributed by atoms with Gasteiger partial charge in [0.2, 0.25) is 0 Å². The van der Waals surface area contributed by atoms with E-state index in [-0.39, 0.29) is 17.9 Å². The van der Waals surface area contributed by atoms with Gasteiger partial charge in [-0.15, -0.1) is 11.3 Å². The molecule has 0 saturated carbocycles. The number of hydrogen-bond acceptors (Lipinski definition) is 5. The minimum atomic E-state index is -0.904. The molecular weight excluding hydrogens is 340 g/mol. The number of carbonyl (C=O) groups is 2. The van der Waals surface area contributed by atoms with Crippen molar-refractivity contribution >= 4 is 23.2 Å². The first kappa shape index (κ1) is 21.6. The molecule has 0 radical (unpaired) electrons. The molecule has 1 rings (SSSR count). The number of aliphatic carboxylic acids is 1. The normalized spacial score (nSPS) is 12.9. The molecule has 0 fully saturated rings. The highest BCUT2D eigenvalue weighted by atomic mass is 32.1. The molecule has 1 unspecified atom stereocenters. The number of carboxylic acids is 1. The predicted molar refractivity (Wildman–Crippen MR) is 99.4 cm³/mol. The van der Waals surface area contributed by atoms with Gasteiger partial charge in [0.15, 0.2) is 0 Å². The molecule has 1 N–H and O–H groups in total. The second-order valence-corrected chi connectivity index (χ2v) is 8.22. The molecule has 1 amide bonds. The van der Waals surface area contributed by atoms with E-state index in [0.717, 1.165) is 5.01 Å². The molecule has 0 aliphatic carbocycles. The Morgan fingerprint density at radius 1 is 1.36 bits per heavy atom. The average Bonchev–Trinajstić information content (AvgIpc) is 2.91. The number of rotatable bonds is 9. The summed E-state index contributed by atoms with van der Waals surface area (Å²) in [6.07, 6.45) is 0.676. The largest absolute Gasteiger partial charge is 0.481 e. The van der Waals surface area contributed by atoms with Gasteiger partial charge >= 0.3 is 5.97 Å². The summed E-state index contributed by atoms with van der Waals surface area (Å²) >= 11 is 1.40. The number of ether oxygens (including phenoxy) is 1. The van der Waals surface area contributed by atoms with Crippen molar-refractivity contribution in [2.75, 3.05) is 26.3 Å². The quantitative estimate of drug-likeness (QED) is 0.674. The number of carboxylic acid groups (broad SMARTS) is 1. The molecule has 1 atom stereocenters. The lowest BCUT2D eigenvalue weighted by Crippen LogP contribution is -2.38. The predicted octanol–water partition coefficient (Wildman–Crippen LogP) is 3.34. The zero-order valence-electron chi connectivity index (χ0n) is 16.1. The lowest BCUT2D eigenvalue weighted by Gasteiger charge is -2.24. The zero-order chi connectivity index (χ0) is 19.2. The van der Waals surface area contributed by atoms with Gasteiger partial charge in [-0.2, -0.15) is 0 Å². The van der Waals surface area contributed by atoms with Gasteiger partial charge in [0, 0.05) is 31.7 Å².